The second-order valence-corrected chi connectivity index (χ2v) is 7.25. The molecule has 0 aromatic heterocycles. The molecule has 0 saturated carbocycles. The standard InChI is InChI=1S/C18H21FN2O5S/c1-25-12-2-11-20-18(22)13-26-16-7-9-17(10-8-16)27(23,24)21-15-5-3-14(19)4-6-15/h3-10,21H,2,11-13H2,1H3,(H,20,22). The molecule has 0 aliphatic heterocycles. The van der Waals surface area contributed by atoms with Crippen molar-refractivity contribution in [3.05, 3.63) is 54.3 Å². The predicted molar refractivity (Wildman–Crippen MR) is 98.6 cm³/mol. The second kappa shape index (κ2) is 9.89. The van der Waals surface area contributed by atoms with E-state index in [1.807, 2.05) is 0 Å². The van der Waals surface area contributed by atoms with Crippen LogP contribution in [0.5, 0.6) is 5.75 Å². The Morgan fingerprint density at radius 3 is 2.37 bits per heavy atom. The minimum Gasteiger partial charge on any atom is -0.484 e. The molecule has 1 amide bonds. The molecule has 146 valence electrons. The summed E-state index contributed by atoms with van der Waals surface area (Å²) in [7, 11) is -2.22. The minimum atomic E-state index is -3.81. The fourth-order valence-corrected chi connectivity index (χ4v) is 3.15. The normalized spacial score (nSPS) is 11.0. The topological polar surface area (TPSA) is 93.7 Å². The van der Waals surface area contributed by atoms with Crippen LogP contribution < -0.4 is 14.8 Å². The number of carbonyl (C=O) groups is 1. The summed E-state index contributed by atoms with van der Waals surface area (Å²) in [6.07, 6.45) is 0.704. The van der Waals surface area contributed by atoms with Gasteiger partial charge in [0, 0.05) is 25.9 Å². The number of sulfonamides is 1. The van der Waals surface area contributed by atoms with Crippen LogP contribution in [0, 0.1) is 5.82 Å². The van der Waals surface area contributed by atoms with Crippen molar-refractivity contribution in [2.45, 2.75) is 11.3 Å². The summed E-state index contributed by atoms with van der Waals surface area (Å²) in [4.78, 5) is 11.6. The largest absolute Gasteiger partial charge is 0.484 e. The van der Waals surface area contributed by atoms with Gasteiger partial charge < -0.3 is 14.8 Å². The van der Waals surface area contributed by atoms with Crippen molar-refractivity contribution in [1.82, 2.24) is 5.32 Å². The molecule has 2 N–H and O–H groups in total. The summed E-state index contributed by atoms with van der Waals surface area (Å²) < 4.78 is 50.1. The van der Waals surface area contributed by atoms with Crippen LogP contribution in [-0.2, 0) is 19.6 Å². The number of hydrogen-bond donors (Lipinski definition) is 2. The van der Waals surface area contributed by atoms with Crippen LogP contribution in [-0.4, -0.2) is 41.2 Å². The average molecular weight is 396 g/mol. The first-order chi connectivity index (χ1) is 12.9. The molecule has 0 bridgehead atoms. The van der Waals surface area contributed by atoms with Gasteiger partial charge in [0.1, 0.15) is 11.6 Å². The second-order valence-electron chi connectivity index (χ2n) is 5.57. The van der Waals surface area contributed by atoms with Crippen LogP contribution in [0.25, 0.3) is 0 Å². The van der Waals surface area contributed by atoms with Gasteiger partial charge in [-0.05, 0) is 55.0 Å². The van der Waals surface area contributed by atoms with Crippen LogP contribution in [0.4, 0.5) is 10.1 Å². The maximum absolute atomic E-state index is 12.9. The van der Waals surface area contributed by atoms with Gasteiger partial charge in [-0.15, -0.1) is 0 Å². The minimum absolute atomic E-state index is 0.0168. The average Bonchev–Trinajstić information content (AvgIpc) is 2.65. The maximum atomic E-state index is 12.9. The lowest BCUT2D eigenvalue weighted by molar-refractivity contribution is -0.123. The van der Waals surface area contributed by atoms with Crippen LogP contribution in [0.2, 0.25) is 0 Å². The number of amides is 1. The number of nitrogens with one attached hydrogen (secondary N) is 2. The van der Waals surface area contributed by atoms with Gasteiger partial charge in [0.25, 0.3) is 15.9 Å². The van der Waals surface area contributed by atoms with Crippen LogP contribution in [0.1, 0.15) is 6.42 Å². The molecule has 0 radical (unpaired) electrons. The van der Waals surface area contributed by atoms with Gasteiger partial charge in [0.2, 0.25) is 0 Å². The third kappa shape index (κ3) is 6.87. The first-order valence-electron chi connectivity index (χ1n) is 8.17. The van der Waals surface area contributed by atoms with E-state index < -0.39 is 15.8 Å². The van der Waals surface area contributed by atoms with Crippen LogP contribution in [0.3, 0.4) is 0 Å². The van der Waals surface area contributed by atoms with Gasteiger partial charge in [-0.3, -0.25) is 9.52 Å². The zero-order chi connectivity index (χ0) is 19.7. The molecule has 0 spiro atoms. The number of carbonyl (C=O) groups excluding carboxylic acids is 1. The Hall–Kier alpha value is -2.65. The molecule has 9 heteroatoms. The van der Waals surface area contributed by atoms with E-state index in [0.29, 0.717) is 25.3 Å². The number of halogens is 1. The summed E-state index contributed by atoms with van der Waals surface area (Å²) in [5.41, 5.74) is 0.252. The van der Waals surface area contributed by atoms with Crippen LogP contribution >= 0.6 is 0 Å². The highest BCUT2D eigenvalue weighted by Gasteiger charge is 2.14. The van der Waals surface area contributed by atoms with Gasteiger partial charge in [-0.1, -0.05) is 0 Å². The summed E-state index contributed by atoms with van der Waals surface area (Å²) in [6, 6.07) is 10.6. The summed E-state index contributed by atoms with van der Waals surface area (Å²) in [5.74, 6) is -0.370. The van der Waals surface area contributed by atoms with E-state index in [9.17, 15) is 17.6 Å². The molecule has 0 saturated heterocycles. The molecule has 0 fully saturated rings. The van der Waals surface area contributed by atoms with Crippen LogP contribution in [0.15, 0.2) is 53.4 Å². The molecular formula is C18H21FN2O5S. The van der Waals surface area contributed by atoms with Gasteiger partial charge in [-0.25, -0.2) is 12.8 Å². The van der Waals surface area contributed by atoms with Crippen molar-refractivity contribution in [3.8, 4) is 5.75 Å². The van der Waals surface area contributed by atoms with E-state index in [1.54, 1.807) is 7.11 Å². The molecule has 0 aliphatic carbocycles. The highest BCUT2D eigenvalue weighted by atomic mass is 32.2. The zero-order valence-electron chi connectivity index (χ0n) is 14.8. The van der Waals surface area contributed by atoms with Crippen molar-refractivity contribution in [3.63, 3.8) is 0 Å². The maximum Gasteiger partial charge on any atom is 0.261 e. The smallest absolute Gasteiger partial charge is 0.261 e. The highest BCUT2D eigenvalue weighted by molar-refractivity contribution is 7.92. The lowest BCUT2D eigenvalue weighted by Gasteiger charge is -2.10. The molecular weight excluding hydrogens is 375 g/mol. The van der Waals surface area contributed by atoms with E-state index in [0.717, 1.165) is 12.1 Å². The van der Waals surface area contributed by atoms with Gasteiger partial charge >= 0.3 is 0 Å². The summed E-state index contributed by atoms with van der Waals surface area (Å²) in [5, 5.41) is 2.68. The Morgan fingerprint density at radius 1 is 1.07 bits per heavy atom. The predicted octanol–water partition coefficient (Wildman–Crippen LogP) is 2.16. The molecule has 7 nitrogen and oxygen atoms in total. The molecule has 0 heterocycles. The van der Waals surface area contributed by atoms with E-state index in [-0.39, 0.29) is 23.1 Å². The fourth-order valence-electron chi connectivity index (χ4n) is 2.09. The Bertz CT molecular complexity index is 839. The Labute approximate surface area is 157 Å². The summed E-state index contributed by atoms with van der Waals surface area (Å²) in [6.45, 7) is 0.873. The Kier molecular flexibility index (Phi) is 7.56. The van der Waals surface area contributed by atoms with Crippen molar-refractivity contribution < 1.29 is 27.1 Å². The quantitative estimate of drug-likeness (QED) is 0.600. The molecule has 0 aliphatic rings. The van der Waals surface area contributed by atoms with E-state index >= 15 is 0 Å². The molecule has 2 rings (SSSR count). The molecule has 2 aromatic carbocycles. The van der Waals surface area contributed by atoms with E-state index in [2.05, 4.69) is 10.0 Å². The monoisotopic (exact) mass is 396 g/mol. The summed E-state index contributed by atoms with van der Waals surface area (Å²) >= 11 is 0. The first kappa shape index (κ1) is 20.7. The van der Waals surface area contributed by atoms with Gasteiger partial charge in [0.15, 0.2) is 6.61 Å². The lowest BCUT2D eigenvalue weighted by Crippen LogP contribution is -2.30. The number of rotatable bonds is 10. The van der Waals surface area contributed by atoms with E-state index in [4.69, 9.17) is 9.47 Å². The van der Waals surface area contributed by atoms with Crippen molar-refractivity contribution >= 4 is 21.6 Å². The number of ether oxygens (including phenoxy) is 2. The van der Waals surface area contributed by atoms with E-state index in [1.165, 1.54) is 36.4 Å². The SMILES string of the molecule is COCCCNC(=O)COc1ccc(S(=O)(=O)Nc2ccc(F)cc2)cc1. The number of methoxy groups -OCH3 is 1. The van der Waals surface area contributed by atoms with Gasteiger partial charge in [0.05, 0.1) is 4.90 Å². The molecule has 0 unspecified atom stereocenters. The Balaban J connectivity index is 1.88. The Morgan fingerprint density at radius 2 is 1.74 bits per heavy atom. The highest BCUT2D eigenvalue weighted by Crippen LogP contribution is 2.19. The number of anilines is 1. The van der Waals surface area contributed by atoms with Crippen molar-refractivity contribution in [1.29, 1.82) is 0 Å². The third-order valence-electron chi connectivity index (χ3n) is 3.45. The van der Waals surface area contributed by atoms with Crippen molar-refractivity contribution in [2.75, 3.05) is 31.6 Å². The molecule has 2 aromatic rings. The third-order valence-corrected chi connectivity index (χ3v) is 4.85. The molecule has 27 heavy (non-hydrogen) atoms. The number of benzene rings is 2. The lowest BCUT2D eigenvalue weighted by atomic mass is 10.3. The van der Waals surface area contributed by atoms with Gasteiger partial charge in [-0.2, -0.15) is 0 Å². The zero-order valence-corrected chi connectivity index (χ0v) is 15.6. The molecule has 0 atom stereocenters. The first-order valence-corrected chi connectivity index (χ1v) is 9.66. The van der Waals surface area contributed by atoms with Crippen molar-refractivity contribution in [2.24, 2.45) is 0 Å². The fraction of sp³-hybridized carbons (Fsp3) is 0.278. The number of hydrogen-bond acceptors (Lipinski definition) is 5.